The van der Waals surface area contributed by atoms with Gasteiger partial charge in [-0.2, -0.15) is 0 Å². The fourth-order valence-corrected chi connectivity index (χ4v) is 2.59. The number of rotatable bonds is 9. The Morgan fingerprint density at radius 3 is 1.82 bits per heavy atom. The van der Waals surface area contributed by atoms with Crippen LogP contribution in [-0.4, -0.2) is 53.3 Å². The highest BCUT2D eigenvalue weighted by Crippen LogP contribution is 2.38. The minimum Gasteiger partial charge on any atom is -0.496 e. The SMILES string of the molecule is COc1ccccc1C(=O)NCCNC(=O)c1cc(OC)c(OC)c(OC)c1. The van der Waals surface area contributed by atoms with E-state index in [-0.39, 0.29) is 24.9 Å². The molecule has 0 saturated heterocycles. The number of amides is 2. The topological polar surface area (TPSA) is 95.1 Å². The van der Waals surface area contributed by atoms with Gasteiger partial charge in [-0.15, -0.1) is 0 Å². The van der Waals surface area contributed by atoms with E-state index in [1.165, 1.54) is 28.4 Å². The van der Waals surface area contributed by atoms with Crippen LogP contribution in [0.2, 0.25) is 0 Å². The van der Waals surface area contributed by atoms with E-state index in [4.69, 9.17) is 18.9 Å². The fraction of sp³-hybridized carbons (Fsp3) is 0.300. The van der Waals surface area contributed by atoms with Crippen molar-refractivity contribution < 1.29 is 28.5 Å². The van der Waals surface area contributed by atoms with Crippen LogP contribution >= 0.6 is 0 Å². The number of methoxy groups -OCH3 is 4. The van der Waals surface area contributed by atoms with Gasteiger partial charge in [-0.05, 0) is 24.3 Å². The molecule has 0 aromatic heterocycles. The number of carbonyl (C=O) groups is 2. The standard InChI is InChI=1S/C20H24N2O6/c1-25-15-8-6-5-7-14(15)20(24)22-10-9-21-19(23)13-11-16(26-2)18(28-4)17(12-13)27-3/h5-8,11-12H,9-10H2,1-4H3,(H,21,23)(H,22,24). The van der Waals surface area contributed by atoms with Crippen LogP contribution in [0.4, 0.5) is 0 Å². The van der Waals surface area contributed by atoms with E-state index in [9.17, 15) is 9.59 Å². The Kier molecular flexibility index (Phi) is 7.50. The highest BCUT2D eigenvalue weighted by molar-refractivity contribution is 5.97. The molecule has 0 fully saturated rings. The van der Waals surface area contributed by atoms with Crippen LogP contribution < -0.4 is 29.6 Å². The average molecular weight is 388 g/mol. The van der Waals surface area contributed by atoms with Gasteiger partial charge in [0, 0.05) is 18.7 Å². The molecule has 0 bridgehead atoms. The van der Waals surface area contributed by atoms with E-state index in [2.05, 4.69) is 10.6 Å². The first-order valence-electron chi connectivity index (χ1n) is 8.55. The molecule has 0 aliphatic carbocycles. The molecule has 0 aliphatic heterocycles. The molecule has 28 heavy (non-hydrogen) atoms. The van der Waals surface area contributed by atoms with Crippen LogP contribution in [0.15, 0.2) is 36.4 Å². The second kappa shape index (κ2) is 10.1. The third-order valence-electron chi connectivity index (χ3n) is 3.97. The lowest BCUT2D eigenvalue weighted by atomic mass is 10.1. The molecular weight excluding hydrogens is 364 g/mol. The molecular formula is C20H24N2O6. The summed E-state index contributed by atoms with van der Waals surface area (Å²) in [4.78, 5) is 24.6. The molecule has 2 N–H and O–H groups in total. The Balaban J connectivity index is 1.95. The maximum absolute atomic E-state index is 12.4. The Morgan fingerprint density at radius 2 is 1.29 bits per heavy atom. The molecule has 2 amide bonds. The van der Waals surface area contributed by atoms with Crippen molar-refractivity contribution >= 4 is 11.8 Å². The Labute approximate surface area is 163 Å². The van der Waals surface area contributed by atoms with Crippen molar-refractivity contribution in [3.05, 3.63) is 47.5 Å². The van der Waals surface area contributed by atoms with E-state index in [0.29, 0.717) is 34.1 Å². The average Bonchev–Trinajstić information content (AvgIpc) is 2.74. The van der Waals surface area contributed by atoms with Crippen LogP contribution in [0.1, 0.15) is 20.7 Å². The molecule has 0 saturated carbocycles. The maximum atomic E-state index is 12.4. The first kappa shape index (κ1) is 20.9. The lowest BCUT2D eigenvalue weighted by molar-refractivity contribution is 0.0925. The van der Waals surface area contributed by atoms with E-state index >= 15 is 0 Å². The van der Waals surface area contributed by atoms with Crippen molar-refractivity contribution in [1.82, 2.24) is 10.6 Å². The van der Waals surface area contributed by atoms with Crippen molar-refractivity contribution in [3.63, 3.8) is 0 Å². The number of nitrogens with one attached hydrogen (secondary N) is 2. The van der Waals surface area contributed by atoms with Gasteiger partial charge in [-0.1, -0.05) is 12.1 Å². The molecule has 2 rings (SSSR count). The molecule has 8 nitrogen and oxygen atoms in total. The van der Waals surface area contributed by atoms with E-state index < -0.39 is 0 Å². The Bertz CT molecular complexity index is 812. The summed E-state index contributed by atoms with van der Waals surface area (Å²) >= 11 is 0. The normalized spacial score (nSPS) is 10.0. The van der Waals surface area contributed by atoms with Gasteiger partial charge >= 0.3 is 0 Å². The van der Waals surface area contributed by atoms with Crippen LogP contribution in [0, 0.1) is 0 Å². The van der Waals surface area contributed by atoms with Crippen molar-refractivity contribution in [2.24, 2.45) is 0 Å². The first-order chi connectivity index (χ1) is 13.5. The van der Waals surface area contributed by atoms with Gasteiger partial charge in [0.1, 0.15) is 5.75 Å². The highest BCUT2D eigenvalue weighted by Gasteiger charge is 2.17. The minimum atomic E-state index is -0.328. The summed E-state index contributed by atoms with van der Waals surface area (Å²) in [7, 11) is 5.95. The van der Waals surface area contributed by atoms with Gasteiger partial charge in [0.15, 0.2) is 11.5 Å². The molecule has 0 radical (unpaired) electrons. The molecule has 0 spiro atoms. The zero-order valence-corrected chi connectivity index (χ0v) is 16.3. The summed E-state index contributed by atoms with van der Waals surface area (Å²) in [6.45, 7) is 0.503. The number of ether oxygens (including phenoxy) is 4. The monoisotopic (exact) mass is 388 g/mol. The van der Waals surface area contributed by atoms with Gasteiger partial charge in [-0.3, -0.25) is 9.59 Å². The van der Waals surface area contributed by atoms with Crippen molar-refractivity contribution in [1.29, 1.82) is 0 Å². The van der Waals surface area contributed by atoms with Crippen LogP contribution in [0.25, 0.3) is 0 Å². The summed E-state index contributed by atoms with van der Waals surface area (Å²) in [5.41, 5.74) is 0.784. The summed E-state index contributed by atoms with van der Waals surface area (Å²) in [6.07, 6.45) is 0. The molecule has 2 aromatic rings. The van der Waals surface area contributed by atoms with Crippen LogP contribution in [0.3, 0.4) is 0 Å². The number of carbonyl (C=O) groups excluding carboxylic acids is 2. The van der Waals surface area contributed by atoms with E-state index in [1.54, 1.807) is 36.4 Å². The predicted octanol–water partition coefficient (Wildman–Crippen LogP) is 1.88. The number of hydrogen-bond acceptors (Lipinski definition) is 6. The zero-order valence-electron chi connectivity index (χ0n) is 16.3. The fourth-order valence-electron chi connectivity index (χ4n) is 2.59. The number of benzene rings is 2. The van der Waals surface area contributed by atoms with Gasteiger partial charge < -0.3 is 29.6 Å². The second-order valence-electron chi connectivity index (χ2n) is 5.63. The van der Waals surface area contributed by atoms with Gasteiger partial charge in [-0.25, -0.2) is 0 Å². The lowest BCUT2D eigenvalue weighted by Crippen LogP contribution is -2.34. The van der Waals surface area contributed by atoms with Crippen molar-refractivity contribution in [2.75, 3.05) is 41.5 Å². The molecule has 0 atom stereocenters. The largest absolute Gasteiger partial charge is 0.496 e. The molecule has 150 valence electrons. The summed E-state index contributed by atoms with van der Waals surface area (Å²) in [6, 6.07) is 10.0. The summed E-state index contributed by atoms with van der Waals surface area (Å²) < 4.78 is 20.9. The van der Waals surface area contributed by atoms with Gasteiger partial charge in [0.05, 0.1) is 34.0 Å². The lowest BCUT2D eigenvalue weighted by Gasteiger charge is -2.14. The summed E-state index contributed by atoms with van der Waals surface area (Å²) in [5.74, 6) is 1.06. The molecule has 0 unspecified atom stereocenters. The maximum Gasteiger partial charge on any atom is 0.255 e. The summed E-state index contributed by atoms with van der Waals surface area (Å²) in [5, 5.41) is 5.48. The quantitative estimate of drug-likeness (QED) is 0.637. The number of hydrogen-bond donors (Lipinski definition) is 2. The van der Waals surface area contributed by atoms with Gasteiger partial charge in [0.2, 0.25) is 5.75 Å². The smallest absolute Gasteiger partial charge is 0.255 e. The van der Waals surface area contributed by atoms with Crippen molar-refractivity contribution in [3.8, 4) is 23.0 Å². The third-order valence-corrected chi connectivity index (χ3v) is 3.97. The predicted molar refractivity (Wildman–Crippen MR) is 104 cm³/mol. The Morgan fingerprint density at radius 1 is 0.750 bits per heavy atom. The Hall–Kier alpha value is -3.42. The third kappa shape index (κ3) is 4.85. The van der Waals surface area contributed by atoms with E-state index in [0.717, 1.165) is 0 Å². The van der Waals surface area contributed by atoms with Crippen LogP contribution in [0.5, 0.6) is 23.0 Å². The molecule has 0 aliphatic rings. The molecule has 0 heterocycles. The zero-order chi connectivity index (χ0) is 20.5. The first-order valence-corrected chi connectivity index (χ1v) is 8.55. The minimum absolute atomic E-state index is 0.246. The molecule has 8 heteroatoms. The van der Waals surface area contributed by atoms with Gasteiger partial charge in [0.25, 0.3) is 11.8 Å². The van der Waals surface area contributed by atoms with Crippen LogP contribution in [-0.2, 0) is 0 Å². The van der Waals surface area contributed by atoms with Crippen molar-refractivity contribution in [2.45, 2.75) is 0 Å². The van der Waals surface area contributed by atoms with E-state index in [1.807, 2.05) is 0 Å². The molecule has 2 aromatic carbocycles. The number of para-hydroxylation sites is 1. The second-order valence-corrected chi connectivity index (χ2v) is 5.63. The highest BCUT2D eigenvalue weighted by atomic mass is 16.5.